The molecule has 4 heteroatoms. The van der Waals surface area contributed by atoms with E-state index in [1.165, 1.54) is 0 Å². The molecule has 0 radical (unpaired) electrons. The van der Waals surface area contributed by atoms with Gasteiger partial charge >= 0.3 is 0 Å². The van der Waals surface area contributed by atoms with Crippen LogP contribution in [0.15, 0.2) is 18.3 Å². The number of nitrogens with one attached hydrogen (secondary N) is 1. The Morgan fingerprint density at radius 2 is 2.21 bits per heavy atom. The van der Waals surface area contributed by atoms with Crippen molar-refractivity contribution < 1.29 is 4.74 Å². The lowest BCUT2D eigenvalue weighted by Crippen LogP contribution is -2.13. The second kappa shape index (κ2) is 6.98. The molecule has 0 aromatic carbocycles. The second-order valence-electron chi connectivity index (χ2n) is 5.55. The second-order valence-corrected chi connectivity index (χ2v) is 5.55. The quantitative estimate of drug-likeness (QED) is 0.762. The third-order valence-corrected chi connectivity index (χ3v) is 2.72. The van der Waals surface area contributed by atoms with Crippen molar-refractivity contribution in [3.8, 4) is 11.9 Å². The molecule has 0 aliphatic heterocycles. The van der Waals surface area contributed by atoms with Gasteiger partial charge in [0.2, 0.25) is 5.88 Å². The van der Waals surface area contributed by atoms with Crippen LogP contribution >= 0.6 is 0 Å². The van der Waals surface area contributed by atoms with Crippen LogP contribution in [0.3, 0.4) is 0 Å². The van der Waals surface area contributed by atoms with Crippen molar-refractivity contribution in [3.05, 3.63) is 18.3 Å². The van der Waals surface area contributed by atoms with Crippen LogP contribution in [0.5, 0.6) is 5.88 Å². The highest BCUT2D eigenvalue weighted by atomic mass is 16.5. The molecule has 0 saturated heterocycles. The van der Waals surface area contributed by atoms with Crippen LogP contribution in [0.2, 0.25) is 0 Å². The Morgan fingerprint density at radius 3 is 2.84 bits per heavy atom. The first-order chi connectivity index (χ1) is 8.94. The third-order valence-electron chi connectivity index (χ3n) is 2.72. The maximum absolute atomic E-state index is 8.95. The zero-order valence-electron chi connectivity index (χ0n) is 12.2. The van der Waals surface area contributed by atoms with Crippen molar-refractivity contribution in [2.45, 2.75) is 46.6 Å². The minimum atomic E-state index is -0.256. The van der Waals surface area contributed by atoms with Crippen molar-refractivity contribution in [2.75, 3.05) is 11.9 Å². The van der Waals surface area contributed by atoms with Gasteiger partial charge in [-0.2, -0.15) is 5.26 Å². The summed E-state index contributed by atoms with van der Waals surface area (Å²) >= 11 is 0. The molecule has 104 valence electrons. The molecule has 1 aromatic heterocycles. The Bertz CT molecular complexity index is 435. The summed E-state index contributed by atoms with van der Waals surface area (Å²) < 4.78 is 5.64. The van der Waals surface area contributed by atoms with Crippen molar-refractivity contribution >= 4 is 5.69 Å². The molecule has 1 rings (SSSR count). The van der Waals surface area contributed by atoms with Gasteiger partial charge in [0.1, 0.15) is 0 Å². The number of rotatable bonds is 7. The summed E-state index contributed by atoms with van der Waals surface area (Å²) in [5, 5.41) is 12.3. The van der Waals surface area contributed by atoms with E-state index in [0.717, 1.165) is 25.1 Å². The fraction of sp³-hybridized carbons (Fsp3) is 0.600. The maximum Gasteiger partial charge on any atom is 0.237 e. The zero-order chi connectivity index (χ0) is 14.3. The van der Waals surface area contributed by atoms with Crippen LogP contribution < -0.4 is 10.1 Å². The summed E-state index contributed by atoms with van der Waals surface area (Å²) in [6.45, 7) is 8.70. The molecule has 0 atom stereocenters. The van der Waals surface area contributed by atoms with Gasteiger partial charge in [-0.1, -0.05) is 0 Å². The predicted octanol–water partition coefficient (Wildman–Crippen LogP) is 3.61. The average molecular weight is 261 g/mol. The topological polar surface area (TPSA) is 57.9 Å². The van der Waals surface area contributed by atoms with Crippen LogP contribution in [0.1, 0.15) is 40.5 Å². The third kappa shape index (κ3) is 5.60. The maximum atomic E-state index is 8.95. The molecular formula is C15H23N3O. The number of hydrogen-bond donors (Lipinski definition) is 1. The zero-order valence-corrected chi connectivity index (χ0v) is 12.2. The van der Waals surface area contributed by atoms with Gasteiger partial charge < -0.3 is 10.1 Å². The molecule has 0 bridgehead atoms. The number of anilines is 1. The Morgan fingerprint density at radius 1 is 1.47 bits per heavy atom. The molecule has 0 unspecified atom stereocenters. The molecule has 0 amide bonds. The van der Waals surface area contributed by atoms with Crippen LogP contribution in [0, 0.1) is 16.7 Å². The van der Waals surface area contributed by atoms with Gasteiger partial charge in [0.05, 0.1) is 23.3 Å². The lowest BCUT2D eigenvalue weighted by Gasteiger charge is -2.16. The minimum Gasteiger partial charge on any atom is -0.473 e. The van der Waals surface area contributed by atoms with Gasteiger partial charge in [-0.25, -0.2) is 4.98 Å². The molecule has 0 aliphatic carbocycles. The van der Waals surface area contributed by atoms with Crippen molar-refractivity contribution in [3.63, 3.8) is 0 Å². The van der Waals surface area contributed by atoms with Crippen LogP contribution in [-0.2, 0) is 0 Å². The highest BCUT2D eigenvalue weighted by Crippen LogP contribution is 2.23. The first-order valence-corrected chi connectivity index (χ1v) is 6.71. The Hall–Kier alpha value is -1.76. The van der Waals surface area contributed by atoms with Gasteiger partial charge in [0, 0.05) is 12.7 Å². The monoisotopic (exact) mass is 261 g/mol. The number of pyridine rings is 1. The molecule has 1 aromatic rings. The molecule has 0 aliphatic rings. The Balaban J connectivity index is 2.48. The average Bonchev–Trinajstić information content (AvgIpc) is 2.36. The molecule has 0 fully saturated rings. The molecule has 19 heavy (non-hydrogen) atoms. The first kappa shape index (κ1) is 15.3. The molecular weight excluding hydrogens is 238 g/mol. The fourth-order valence-electron chi connectivity index (χ4n) is 1.65. The van der Waals surface area contributed by atoms with Gasteiger partial charge in [0.25, 0.3) is 0 Å². The normalized spacial score (nSPS) is 11.2. The minimum absolute atomic E-state index is 0.105. The van der Waals surface area contributed by atoms with E-state index < -0.39 is 0 Å². The summed E-state index contributed by atoms with van der Waals surface area (Å²) in [6.07, 6.45) is 3.64. The Kier molecular flexibility index (Phi) is 5.62. The highest BCUT2D eigenvalue weighted by Gasteiger charge is 2.15. The van der Waals surface area contributed by atoms with E-state index in [2.05, 4.69) is 16.4 Å². The van der Waals surface area contributed by atoms with E-state index >= 15 is 0 Å². The summed E-state index contributed by atoms with van der Waals surface area (Å²) in [4.78, 5) is 4.23. The molecule has 0 saturated carbocycles. The number of nitrogens with zero attached hydrogens (tertiary/aromatic N) is 2. The molecule has 1 N–H and O–H groups in total. The van der Waals surface area contributed by atoms with Gasteiger partial charge in [0.15, 0.2) is 0 Å². The highest BCUT2D eigenvalue weighted by molar-refractivity contribution is 5.51. The van der Waals surface area contributed by atoms with Gasteiger partial charge in [-0.15, -0.1) is 0 Å². The SMILES string of the molecule is CC(C)Oc1ncccc1NCCCC(C)(C)C#N. The van der Waals surface area contributed by atoms with E-state index in [0.29, 0.717) is 5.88 Å². The van der Waals surface area contributed by atoms with E-state index in [-0.39, 0.29) is 11.5 Å². The number of nitriles is 1. The fourth-order valence-corrected chi connectivity index (χ4v) is 1.65. The number of ether oxygens (including phenoxy) is 1. The summed E-state index contributed by atoms with van der Waals surface area (Å²) in [6, 6.07) is 6.15. The molecule has 0 spiro atoms. The smallest absolute Gasteiger partial charge is 0.237 e. The Labute approximate surface area is 115 Å². The summed E-state index contributed by atoms with van der Waals surface area (Å²) in [5.41, 5.74) is 0.652. The van der Waals surface area contributed by atoms with E-state index in [1.807, 2.05) is 39.8 Å². The summed E-state index contributed by atoms with van der Waals surface area (Å²) in [5.74, 6) is 0.636. The lowest BCUT2D eigenvalue weighted by molar-refractivity contribution is 0.234. The first-order valence-electron chi connectivity index (χ1n) is 6.71. The van der Waals surface area contributed by atoms with Crippen LogP contribution in [0.25, 0.3) is 0 Å². The van der Waals surface area contributed by atoms with Gasteiger partial charge in [-0.05, 0) is 52.7 Å². The predicted molar refractivity (Wildman–Crippen MR) is 77.1 cm³/mol. The van der Waals surface area contributed by atoms with Crippen molar-refractivity contribution in [1.29, 1.82) is 5.26 Å². The van der Waals surface area contributed by atoms with E-state index in [9.17, 15) is 0 Å². The van der Waals surface area contributed by atoms with Crippen LogP contribution in [-0.4, -0.2) is 17.6 Å². The number of hydrogen-bond acceptors (Lipinski definition) is 4. The van der Waals surface area contributed by atoms with E-state index in [1.54, 1.807) is 6.20 Å². The lowest BCUT2D eigenvalue weighted by atomic mass is 9.90. The van der Waals surface area contributed by atoms with E-state index in [4.69, 9.17) is 10.00 Å². The standard InChI is InChI=1S/C15H23N3O/c1-12(2)19-14-13(7-5-9-18-14)17-10-6-8-15(3,4)11-16/h5,7,9,12,17H,6,8,10H2,1-4H3. The molecule has 4 nitrogen and oxygen atoms in total. The molecule has 1 heterocycles. The summed E-state index contributed by atoms with van der Waals surface area (Å²) in [7, 11) is 0. The van der Waals surface area contributed by atoms with Gasteiger partial charge in [-0.3, -0.25) is 0 Å². The largest absolute Gasteiger partial charge is 0.473 e. The van der Waals surface area contributed by atoms with Crippen molar-refractivity contribution in [1.82, 2.24) is 4.98 Å². The number of aromatic nitrogens is 1. The van der Waals surface area contributed by atoms with Crippen molar-refractivity contribution in [2.24, 2.45) is 5.41 Å². The van der Waals surface area contributed by atoms with Crippen LogP contribution in [0.4, 0.5) is 5.69 Å².